The van der Waals surface area contributed by atoms with E-state index in [1.807, 2.05) is 0 Å². The lowest BCUT2D eigenvalue weighted by atomic mass is 10.1. The number of hydrogen-bond acceptors (Lipinski definition) is 11. The Morgan fingerprint density at radius 1 is 0.881 bits per heavy atom. The highest BCUT2D eigenvalue weighted by Gasteiger charge is 2.36. The Morgan fingerprint density at radius 3 is 2.29 bits per heavy atom. The highest BCUT2D eigenvalue weighted by Crippen LogP contribution is 2.32. The van der Waals surface area contributed by atoms with Crippen LogP contribution in [-0.2, 0) is 29.5 Å². The highest BCUT2D eigenvalue weighted by molar-refractivity contribution is 7.92. The summed E-state index contributed by atoms with van der Waals surface area (Å²) in [5.41, 5.74) is 0.169. The predicted molar refractivity (Wildman–Crippen MR) is 148 cm³/mol. The van der Waals surface area contributed by atoms with Gasteiger partial charge in [0.05, 0.1) is 35.8 Å². The molecule has 14 heteroatoms. The van der Waals surface area contributed by atoms with Crippen LogP contribution in [-0.4, -0.2) is 72.1 Å². The van der Waals surface area contributed by atoms with E-state index in [2.05, 4.69) is 5.32 Å². The Morgan fingerprint density at radius 2 is 1.60 bits per heavy atom. The molecule has 1 fully saturated rings. The molecule has 3 aromatic rings. The minimum absolute atomic E-state index is 0.0206. The summed E-state index contributed by atoms with van der Waals surface area (Å²) >= 11 is 0. The largest absolute Gasteiger partial charge is 0.490 e. The third kappa shape index (κ3) is 6.17. The van der Waals surface area contributed by atoms with Crippen molar-refractivity contribution in [1.82, 2.24) is 10.4 Å². The number of ether oxygens (including phenoxy) is 2. The molecule has 0 bridgehead atoms. The molecule has 5 rings (SSSR count). The number of imide groups is 1. The normalized spacial score (nSPS) is 17.3. The number of nitrogens with zero attached hydrogens (tertiary/aromatic N) is 1. The molecule has 0 radical (unpaired) electrons. The van der Waals surface area contributed by atoms with Crippen molar-refractivity contribution in [2.45, 2.75) is 28.6 Å². The Kier molecular flexibility index (Phi) is 8.61. The Hall–Kier alpha value is -3.82. The molecule has 2 aliphatic heterocycles. The fraction of sp³-hybridized carbons (Fsp3) is 0.286. The summed E-state index contributed by atoms with van der Waals surface area (Å²) in [6, 6.07) is 16.0. The minimum Gasteiger partial charge on any atom is -0.490 e. The number of rotatable bonds is 11. The number of hydrogen-bond donors (Lipinski definition) is 1. The van der Waals surface area contributed by atoms with E-state index in [4.69, 9.17) is 18.5 Å². The predicted octanol–water partition coefficient (Wildman–Crippen LogP) is 2.48. The summed E-state index contributed by atoms with van der Waals surface area (Å²) in [6.45, 7) is 2.64. The molecule has 2 amide bonds. The van der Waals surface area contributed by atoms with Crippen molar-refractivity contribution >= 4 is 31.8 Å². The van der Waals surface area contributed by atoms with E-state index in [1.54, 1.807) is 43.3 Å². The Balaban J connectivity index is 1.22. The van der Waals surface area contributed by atoms with E-state index in [1.165, 1.54) is 24.3 Å². The van der Waals surface area contributed by atoms with Crippen molar-refractivity contribution < 1.29 is 44.9 Å². The Labute approximate surface area is 243 Å². The van der Waals surface area contributed by atoms with Crippen LogP contribution in [0, 0.1) is 6.92 Å². The second-order valence-electron chi connectivity index (χ2n) is 9.50. The van der Waals surface area contributed by atoms with Crippen LogP contribution >= 0.6 is 0 Å². The molecule has 1 N–H and O–H groups in total. The second kappa shape index (κ2) is 12.2. The quantitative estimate of drug-likeness (QED) is 0.192. The van der Waals surface area contributed by atoms with Gasteiger partial charge < -0.3 is 19.0 Å². The summed E-state index contributed by atoms with van der Waals surface area (Å²) in [6.07, 6.45) is 0.255. The smallest absolute Gasteiger partial charge is 0.339 e. The van der Waals surface area contributed by atoms with E-state index in [0.717, 1.165) is 11.6 Å². The molecule has 1 atom stereocenters. The molecule has 2 heterocycles. The van der Waals surface area contributed by atoms with Crippen LogP contribution in [0.2, 0.25) is 0 Å². The van der Waals surface area contributed by atoms with Gasteiger partial charge in [-0.1, -0.05) is 24.3 Å². The maximum Gasteiger partial charge on any atom is 0.339 e. The van der Waals surface area contributed by atoms with Crippen molar-refractivity contribution in [3.05, 3.63) is 83.4 Å². The lowest BCUT2D eigenvalue weighted by Gasteiger charge is -2.23. The molecular formula is C28H28N2O10S2. The van der Waals surface area contributed by atoms with Gasteiger partial charge in [0.25, 0.3) is 11.8 Å². The fourth-order valence-corrected chi connectivity index (χ4v) is 6.88. The number of morpholine rings is 1. The number of fused-ring (bicyclic) bond motifs is 1. The molecule has 0 aromatic heterocycles. The Bertz CT molecular complexity index is 1680. The molecule has 0 spiro atoms. The number of sulfone groups is 1. The SMILES string of the molecule is Cc1ccc(OS(=O)(=O)c2cccc(S(=O)(=O)C3CNCCO3)c2)c(OCCCON2C(=O)c3ccccc3C2=O)c1. The van der Waals surface area contributed by atoms with Gasteiger partial charge in [-0.3, -0.25) is 14.4 Å². The van der Waals surface area contributed by atoms with E-state index in [0.29, 0.717) is 11.6 Å². The monoisotopic (exact) mass is 616 g/mol. The zero-order valence-electron chi connectivity index (χ0n) is 22.5. The molecule has 12 nitrogen and oxygen atoms in total. The number of benzene rings is 3. The van der Waals surface area contributed by atoms with E-state index < -0.39 is 37.2 Å². The van der Waals surface area contributed by atoms with Gasteiger partial charge in [-0.25, -0.2) is 8.42 Å². The average molecular weight is 617 g/mol. The van der Waals surface area contributed by atoms with Gasteiger partial charge in [-0.05, 0) is 55.0 Å². The van der Waals surface area contributed by atoms with Crippen LogP contribution in [0.4, 0.5) is 0 Å². The van der Waals surface area contributed by atoms with Crippen LogP contribution in [0.5, 0.6) is 11.5 Å². The molecule has 0 aliphatic carbocycles. The molecule has 3 aromatic carbocycles. The van der Waals surface area contributed by atoms with Gasteiger partial charge in [-0.2, -0.15) is 8.42 Å². The van der Waals surface area contributed by atoms with Crippen LogP contribution in [0.15, 0.2) is 76.5 Å². The molecule has 0 saturated carbocycles. The van der Waals surface area contributed by atoms with Crippen LogP contribution < -0.4 is 14.2 Å². The van der Waals surface area contributed by atoms with Crippen molar-refractivity contribution in [3.63, 3.8) is 0 Å². The standard InChI is InChI=1S/C28H28N2O10S2/c1-19-10-11-24(25(16-19)37-13-5-14-39-30-27(31)22-8-2-3-9-23(22)28(30)32)40-42(35,36)21-7-4-6-20(17-21)41(33,34)26-18-29-12-15-38-26/h2-4,6-11,16-17,26,29H,5,12-15,18H2,1H3. The van der Waals surface area contributed by atoms with E-state index >= 15 is 0 Å². The summed E-state index contributed by atoms with van der Waals surface area (Å²) in [7, 11) is -8.42. The average Bonchev–Trinajstić information content (AvgIpc) is 3.23. The molecular weight excluding hydrogens is 588 g/mol. The van der Waals surface area contributed by atoms with Crippen LogP contribution in [0.1, 0.15) is 32.7 Å². The minimum atomic E-state index is -4.45. The first-order chi connectivity index (χ1) is 20.1. The van der Waals surface area contributed by atoms with Gasteiger partial charge >= 0.3 is 10.1 Å². The first kappa shape index (κ1) is 29.7. The van der Waals surface area contributed by atoms with Gasteiger partial charge in [0.1, 0.15) is 4.90 Å². The summed E-state index contributed by atoms with van der Waals surface area (Å²) in [4.78, 5) is 29.7. The van der Waals surface area contributed by atoms with Crippen molar-refractivity contribution in [1.29, 1.82) is 0 Å². The third-order valence-corrected chi connectivity index (χ3v) is 9.62. The number of aryl methyl sites for hydroxylation is 1. The van der Waals surface area contributed by atoms with Crippen molar-refractivity contribution in [2.75, 3.05) is 32.9 Å². The molecule has 1 unspecified atom stereocenters. The van der Waals surface area contributed by atoms with Gasteiger partial charge in [0, 0.05) is 19.5 Å². The third-order valence-electron chi connectivity index (χ3n) is 6.48. The second-order valence-corrected chi connectivity index (χ2v) is 13.1. The molecule has 42 heavy (non-hydrogen) atoms. The fourth-order valence-electron chi connectivity index (χ4n) is 4.34. The van der Waals surface area contributed by atoms with Gasteiger partial charge in [-0.15, -0.1) is 5.06 Å². The zero-order valence-corrected chi connectivity index (χ0v) is 24.2. The first-order valence-electron chi connectivity index (χ1n) is 13.0. The number of carbonyl (C=O) groups is 2. The maximum atomic E-state index is 13.2. The molecule has 222 valence electrons. The van der Waals surface area contributed by atoms with Crippen LogP contribution in [0.25, 0.3) is 0 Å². The molecule has 1 saturated heterocycles. The van der Waals surface area contributed by atoms with E-state index in [-0.39, 0.29) is 65.2 Å². The number of hydroxylamine groups is 2. The van der Waals surface area contributed by atoms with Gasteiger partial charge in [0.15, 0.2) is 16.9 Å². The molecule has 2 aliphatic rings. The number of nitrogens with one attached hydrogen (secondary N) is 1. The van der Waals surface area contributed by atoms with Gasteiger partial charge in [0.2, 0.25) is 9.84 Å². The van der Waals surface area contributed by atoms with Crippen molar-refractivity contribution in [2.24, 2.45) is 0 Å². The highest BCUT2D eigenvalue weighted by atomic mass is 32.2. The summed E-state index contributed by atoms with van der Waals surface area (Å²) in [5, 5.41) is 3.66. The lowest BCUT2D eigenvalue weighted by Crippen LogP contribution is -2.43. The first-order valence-corrected chi connectivity index (χ1v) is 16.0. The van der Waals surface area contributed by atoms with E-state index in [9.17, 15) is 26.4 Å². The summed E-state index contributed by atoms with van der Waals surface area (Å²) < 4.78 is 68.8. The van der Waals surface area contributed by atoms with Crippen molar-refractivity contribution in [3.8, 4) is 11.5 Å². The van der Waals surface area contributed by atoms with Crippen LogP contribution in [0.3, 0.4) is 0 Å². The maximum absolute atomic E-state index is 13.2. The summed E-state index contributed by atoms with van der Waals surface area (Å²) in [5.74, 6) is -1.06. The number of amides is 2. The topological polar surface area (TPSA) is 155 Å². The number of carbonyl (C=O) groups excluding carboxylic acids is 2. The zero-order chi connectivity index (χ0) is 29.9. The lowest BCUT2D eigenvalue weighted by molar-refractivity contribution is -0.0935.